The van der Waals surface area contributed by atoms with Gasteiger partial charge < -0.3 is 15.2 Å². The van der Waals surface area contributed by atoms with Gasteiger partial charge in [0.25, 0.3) is 5.91 Å². The molecular weight excluding hydrogens is 234 g/mol. The molecule has 1 aromatic heterocycles. The fourth-order valence-corrected chi connectivity index (χ4v) is 1.43. The maximum atomic E-state index is 11.9. The van der Waals surface area contributed by atoms with Crippen LogP contribution in [0.1, 0.15) is 24.3 Å². The SMILES string of the molecule is CC(C)NC(=O)CN(C)C(=O)c1cccc(=O)[nH]1. The standard InChI is InChI=1S/C12H17N3O3/c1-8(2)13-11(17)7-15(3)12(18)9-5-4-6-10(16)14-9/h4-6,8H,7H2,1-3H3,(H,13,17)(H,14,16). The number of carbonyl (C=O) groups excluding carboxylic acids is 2. The van der Waals surface area contributed by atoms with Crippen molar-refractivity contribution in [2.45, 2.75) is 19.9 Å². The van der Waals surface area contributed by atoms with E-state index in [2.05, 4.69) is 10.3 Å². The molecule has 2 N–H and O–H groups in total. The first-order valence-electron chi connectivity index (χ1n) is 5.64. The minimum absolute atomic E-state index is 0.0255. The summed E-state index contributed by atoms with van der Waals surface area (Å²) in [6, 6.07) is 4.34. The third-order valence-corrected chi connectivity index (χ3v) is 2.18. The highest BCUT2D eigenvalue weighted by atomic mass is 16.2. The first-order valence-corrected chi connectivity index (χ1v) is 5.64. The van der Waals surface area contributed by atoms with Crippen molar-refractivity contribution >= 4 is 11.8 Å². The number of H-pyrrole nitrogens is 1. The fraction of sp³-hybridized carbons (Fsp3) is 0.417. The lowest BCUT2D eigenvalue weighted by Crippen LogP contribution is -2.41. The second-order valence-corrected chi connectivity index (χ2v) is 4.31. The van der Waals surface area contributed by atoms with Crippen molar-refractivity contribution in [3.63, 3.8) is 0 Å². The summed E-state index contributed by atoms with van der Waals surface area (Å²) in [7, 11) is 1.51. The highest BCUT2D eigenvalue weighted by Gasteiger charge is 2.15. The van der Waals surface area contributed by atoms with E-state index in [0.29, 0.717) is 0 Å². The Morgan fingerprint density at radius 1 is 1.39 bits per heavy atom. The van der Waals surface area contributed by atoms with Crippen LogP contribution in [0.3, 0.4) is 0 Å². The molecule has 0 spiro atoms. The van der Waals surface area contributed by atoms with Crippen molar-refractivity contribution in [1.29, 1.82) is 0 Å². The number of pyridine rings is 1. The fourth-order valence-electron chi connectivity index (χ4n) is 1.43. The number of aromatic amines is 1. The summed E-state index contributed by atoms with van der Waals surface area (Å²) in [5.74, 6) is -0.634. The minimum atomic E-state index is -0.397. The second kappa shape index (κ2) is 6.00. The van der Waals surface area contributed by atoms with E-state index in [9.17, 15) is 14.4 Å². The number of rotatable bonds is 4. The molecule has 1 rings (SSSR count). The van der Waals surface area contributed by atoms with Gasteiger partial charge in [0, 0.05) is 19.2 Å². The molecule has 2 amide bonds. The van der Waals surface area contributed by atoms with E-state index >= 15 is 0 Å². The van der Waals surface area contributed by atoms with Gasteiger partial charge in [0.2, 0.25) is 11.5 Å². The molecule has 98 valence electrons. The van der Waals surface area contributed by atoms with Gasteiger partial charge >= 0.3 is 0 Å². The molecule has 1 aromatic rings. The lowest BCUT2D eigenvalue weighted by atomic mass is 10.3. The smallest absolute Gasteiger partial charge is 0.270 e. The van der Waals surface area contributed by atoms with Gasteiger partial charge in [-0.1, -0.05) is 6.07 Å². The molecule has 0 saturated carbocycles. The van der Waals surface area contributed by atoms with Crippen LogP contribution in [0.2, 0.25) is 0 Å². The number of hydrogen-bond donors (Lipinski definition) is 2. The van der Waals surface area contributed by atoms with Crippen LogP contribution >= 0.6 is 0 Å². The zero-order valence-corrected chi connectivity index (χ0v) is 10.7. The Morgan fingerprint density at radius 3 is 2.61 bits per heavy atom. The van der Waals surface area contributed by atoms with Crippen molar-refractivity contribution < 1.29 is 9.59 Å². The Bertz CT molecular complexity index is 493. The first-order chi connectivity index (χ1) is 8.40. The molecule has 0 fully saturated rings. The molecule has 0 aliphatic heterocycles. The Balaban J connectivity index is 2.67. The van der Waals surface area contributed by atoms with E-state index in [4.69, 9.17) is 0 Å². The monoisotopic (exact) mass is 251 g/mol. The Labute approximate surface area is 105 Å². The summed E-state index contributed by atoms with van der Waals surface area (Å²) in [4.78, 5) is 38.1. The Morgan fingerprint density at radius 2 is 2.06 bits per heavy atom. The number of aromatic nitrogens is 1. The summed E-state index contributed by atoms with van der Waals surface area (Å²) < 4.78 is 0. The molecule has 18 heavy (non-hydrogen) atoms. The molecule has 0 aliphatic carbocycles. The van der Waals surface area contributed by atoms with Crippen LogP contribution in [0.15, 0.2) is 23.0 Å². The molecule has 6 nitrogen and oxygen atoms in total. The largest absolute Gasteiger partial charge is 0.352 e. The normalized spacial score (nSPS) is 10.2. The lowest BCUT2D eigenvalue weighted by molar-refractivity contribution is -0.122. The predicted octanol–water partition coefficient (Wildman–Crippen LogP) is -0.0285. The number of nitrogens with zero attached hydrogens (tertiary/aromatic N) is 1. The highest BCUT2D eigenvalue weighted by molar-refractivity contribution is 5.94. The molecular formula is C12H17N3O3. The molecule has 0 aliphatic rings. The van der Waals surface area contributed by atoms with Gasteiger partial charge in [0.1, 0.15) is 5.69 Å². The summed E-state index contributed by atoms with van der Waals surface area (Å²) in [5, 5.41) is 2.69. The Hall–Kier alpha value is -2.11. The van der Waals surface area contributed by atoms with Crippen molar-refractivity contribution in [2.24, 2.45) is 0 Å². The number of likely N-dealkylation sites (N-methyl/N-ethyl adjacent to an activating group) is 1. The van der Waals surface area contributed by atoms with Gasteiger partial charge in [-0.25, -0.2) is 0 Å². The van der Waals surface area contributed by atoms with Gasteiger partial charge in [0.15, 0.2) is 0 Å². The summed E-state index contributed by atoms with van der Waals surface area (Å²) in [6.07, 6.45) is 0. The van der Waals surface area contributed by atoms with Gasteiger partial charge in [-0.3, -0.25) is 14.4 Å². The molecule has 0 aromatic carbocycles. The first kappa shape index (κ1) is 14.0. The van der Waals surface area contributed by atoms with Crippen molar-refractivity contribution in [3.05, 3.63) is 34.2 Å². The summed E-state index contributed by atoms with van der Waals surface area (Å²) in [5.41, 5.74) is -0.178. The van der Waals surface area contributed by atoms with Gasteiger partial charge in [-0.2, -0.15) is 0 Å². The second-order valence-electron chi connectivity index (χ2n) is 4.31. The van der Waals surface area contributed by atoms with E-state index in [0.717, 1.165) is 0 Å². The van der Waals surface area contributed by atoms with Crippen molar-refractivity contribution in [1.82, 2.24) is 15.2 Å². The number of nitrogens with one attached hydrogen (secondary N) is 2. The third kappa shape index (κ3) is 4.04. The molecule has 0 unspecified atom stereocenters. The van der Waals surface area contributed by atoms with Gasteiger partial charge in [-0.15, -0.1) is 0 Å². The van der Waals surface area contributed by atoms with Crippen molar-refractivity contribution in [3.8, 4) is 0 Å². The van der Waals surface area contributed by atoms with Crippen LogP contribution in [-0.2, 0) is 4.79 Å². The average molecular weight is 251 g/mol. The quantitative estimate of drug-likeness (QED) is 0.788. The Kier molecular flexibility index (Phi) is 4.65. The third-order valence-electron chi connectivity index (χ3n) is 2.18. The summed E-state index contributed by atoms with van der Waals surface area (Å²) in [6.45, 7) is 3.64. The summed E-state index contributed by atoms with van der Waals surface area (Å²) >= 11 is 0. The molecule has 1 heterocycles. The topological polar surface area (TPSA) is 82.3 Å². The molecule has 0 saturated heterocycles. The van der Waals surface area contributed by atoms with Crippen molar-refractivity contribution in [2.75, 3.05) is 13.6 Å². The molecule has 0 atom stereocenters. The molecule has 0 radical (unpaired) electrons. The van der Waals surface area contributed by atoms with Crippen LogP contribution in [0.5, 0.6) is 0 Å². The van der Waals surface area contributed by atoms with Crippen LogP contribution in [0.4, 0.5) is 0 Å². The number of carbonyl (C=O) groups is 2. The predicted molar refractivity (Wildman–Crippen MR) is 67.3 cm³/mol. The van der Waals surface area contributed by atoms with Crippen LogP contribution < -0.4 is 10.9 Å². The van der Waals surface area contributed by atoms with Gasteiger partial charge in [0.05, 0.1) is 6.54 Å². The minimum Gasteiger partial charge on any atom is -0.352 e. The lowest BCUT2D eigenvalue weighted by Gasteiger charge is -2.17. The zero-order valence-electron chi connectivity index (χ0n) is 10.7. The van der Waals surface area contributed by atoms with Gasteiger partial charge in [-0.05, 0) is 19.9 Å². The van der Waals surface area contributed by atoms with E-state index in [1.807, 2.05) is 13.8 Å². The van der Waals surface area contributed by atoms with Crippen LogP contribution in [0.25, 0.3) is 0 Å². The average Bonchev–Trinajstić information content (AvgIpc) is 2.26. The molecule has 0 bridgehead atoms. The highest BCUT2D eigenvalue weighted by Crippen LogP contribution is 1.97. The van der Waals surface area contributed by atoms with E-state index in [-0.39, 0.29) is 29.7 Å². The maximum Gasteiger partial charge on any atom is 0.270 e. The molecule has 6 heteroatoms. The zero-order chi connectivity index (χ0) is 13.7. The van der Waals surface area contributed by atoms with Crippen LogP contribution in [0, 0.1) is 0 Å². The van der Waals surface area contributed by atoms with E-state index < -0.39 is 5.91 Å². The number of amides is 2. The van der Waals surface area contributed by atoms with E-state index in [1.165, 1.54) is 30.1 Å². The van der Waals surface area contributed by atoms with E-state index in [1.54, 1.807) is 0 Å². The number of hydrogen-bond acceptors (Lipinski definition) is 3. The maximum absolute atomic E-state index is 11.9. The van der Waals surface area contributed by atoms with Crippen LogP contribution in [-0.4, -0.2) is 41.3 Å².